The van der Waals surface area contributed by atoms with Crippen LogP contribution in [-0.4, -0.2) is 78.5 Å². The van der Waals surface area contributed by atoms with Crippen molar-refractivity contribution in [3.63, 3.8) is 0 Å². The minimum Gasteiger partial charge on any atom is -0.418 e. The average Bonchev–Trinajstić information content (AvgIpc) is 2.69. The normalized spacial score (nSPS) is 14.7. The molecule has 0 spiro atoms. The molecule has 0 unspecified atom stereocenters. The molecular formula is C27H70O6Si7. The lowest BCUT2D eigenvalue weighted by atomic mass is 10.5. The van der Waals surface area contributed by atoms with Gasteiger partial charge >= 0.3 is 8.80 Å². The van der Waals surface area contributed by atoms with Gasteiger partial charge in [-0.25, -0.2) is 0 Å². The van der Waals surface area contributed by atoms with Gasteiger partial charge in [0.25, 0.3) is 0 Å². The molecule has 0 aliphatic heterocycles. The van der Waals surface area contributed by atoms with Gasteiger partial charge in [0.05, 0.1) is 0 Å². The van der Waals surface area contributed by atoms with E-state index in [1.54, 1.807) is 0 Å². The van der Waals surface area contributed by atoms with Crippen molar-refractivity contribution in [3.05, 3.63) is 0 Å². The van der Waals surface area contributed by atoms with Gasteiger partial charge < -0.3 is 25.6 Å². The molecule has 0 aromatic rings. The highest BCUT2D eigenvalue weighted by atomic mass is 28.5. The fourth-order valence-corrected chi connectivity index (χ4v) is 24.6. The van der Waals surface area contributed by atoms with Crippen LogP contribution in [0.5, 0.6) is 0 Å². The predicted molar refractivity (Wildman–Crippen MR) is 193 cm³/mol. The molecule has 0 saturated heterocycles. The van der Waals surface area contributed by atoms with Crippen LogP contribution >= 0.6 is 0 Å². The third kappa shape index (κ3) is 22.8. The lowest BCUT2D eigenvalue weighted by Crippen LogP contribution is -2.61. The van der Waals surface area contributed by atoms with E-state index in [-0.39, 0.29) is 0 Å². The maximum absolute atomic E-state index is 7.30. The van der Waals surface area contributed by atoms with Crippen LogP contribution in [0.25, 0.3) is 0 Å². The Morgan fingerprint density at radius 2 is 0.625 bits per heavy atom. The summed E-state index contributed by atoms with van der Waals surface area (Å²) >= 11 is 0. The molecule has 0 aliphatic carbocycles. The first-order chi connectivity index (χ1) is 17.8. The van der Waals surface area contributed by atoms with Crippen LogP contribution < -0.4 is 0 Å². The summed E-state index contributed by atoms with van der Waals surface area (Å²) in [7, 11) is -13.5. The number of hydrogen-bond acceptors (Lipinski definition) is 6. The van der Waals surface area contributed by atoms with Crippen molar-refractivity contribution in [2.24, 2.45) is 0 Å². The minimum absolute atomic E-state index is 0.828. The summed E-state index contributed by atoms with van der Waals surface area (Å²) in [5, 5.41) is 0. The summed E-state index contributed by atoms with van der Waals surface area (Å²) in [6.45, 7) is 39.2. The Morgan fingerprint density at radius 1 is 0.375 bits per heavy atom. The Kier molecular flexibility index (Phi) is 17.6. The van der Waals surface area contributed by atoms with E-state index in [0.29, 0.717) is 0 Å². The zero-order valence-corrected chi connectivity index (χ0v) is 36.7. The van der Waals surface area contributed by atoms with E-state index in [1.807, 2.05) is 0 Å². The zero-order valence-electron chi connectivity index (χ0n) is 29.7. The quantitative estimate of drug-likeness (QED) is 0.0788. The fraction of sp³-hybridized carbons (Fsp3) is 1.00. The van der Waals surface area contributed by atoms with E-state index >= 15 is 0 Å². The molecule has 0 aromatic heterocycles. The van der Waals surface area contributed by atoms with E-state index in [0.717, 1.165) is 69.7 Å². The smallest absolute Gasteiger partial charge is 0.418 e. The highest BCUT2D eigenvalue weighted by Crippen LogP contribution is 2.34. The Bertz CT molecular complexity index is 613. The van der Waals surface area contributed by atoms with Gasteiger partial charge in [0.15, 0.2) is 49.9 Å². The molecule has 0 bridgehead atoms. The molecule has 40 heavy (non-hydrogen) atoms. The van der Waals surface area contributed by atoms with E-state index in [9.17, 15) is 0 Å². The molecule has 0 radical (unpaired) electrons. The Morgan fingerprint density at radius 3 is 0.825 bits per heavy atom. The van der Waals surface area contributed by atoms with E-state index in [4.69, 9.17) is 25.6 Å². The fourth-order valence-electron chi connectivity index (χ4n) is 4.57. The van der Waals surface area contributed by atoms with Gasteiger partial charge in [-0.15, -0.1) is 0 Å². The Hall–Kier alpha value is 1.28. The average molecular weight is 687 g/mol. The monoisotopic (exact) mass is 686 g/mol. The third-order valence-electron chi connectivity index (χ3n) is 6.23. The molecule has 13 heteroatoms. The first kappa shape index (κ1) is 41.3. The lowest BCUT2D eigenvalue weighted by Gasteiger charge is -2.45. The molecule has 0 aromatic carbocycles. The molecule has 0 atom stereocenters. The standard InChI is InChI=1S/C27H70O6Si7/c1-17-24-40(31-37(11,12)25-18-21-28-34(2,3)4,32-38(13,14)26-19-22-29-35(5,6)7)33-39(15,16)27-20-23-30-36(8,9)10/h17-27H2,1-16H3. The molecule has 6 nitrogen and oxygen atoms in total. The largest absolute Gasteiger partial charge is 0.469 e. The minimum atomic E-state index is -2.90. The van der Waals surface area contributed by atoms with Crippen LogP contribution in [0.15, 0.2) is 0 Å². The highest BCUT2D eigenvalue weighted by molar-refractivity contribution is 6.90. The molecule has 0 fully saturated rings. The van der Waals surface area contributed by atoms with E-state index < -0.39 is 58.7 Å². The van der Waals surface area contributed by atoms with Gasteiger partial charge in [-0.05, 0) is 136 Å². The summed E-state index contributed by atoms with van der Waals surface area (Å²) < 4.78 is 40.4. The first-order valence-corrected chi connectivity index (χ1v) is 37.3. The molecular weight excluding hydrogens is 617 g/mol. The van der Waals surface area contributed by atoms with Crippen LogP contribution in [0.2, 0.25) is 122 Å². The van der Waals surface area contributed by atoms with E-state index in [2.05, 4.69) is 105 Å². The van der Waals surface area contributed by atoms with Gasteiger partial charge in [-0.2, -0.15) is 0 Å². The van der Waals surface area contributed by atoms with Crippen LogP contribution in [0, 0.1) is 0 Å². The molecule has 0 saturated carbocycles. The summed E-state index contributed by atoms with van der Waals surface area (Å²) in [4.78, 5) is 0. The molecule has 0 amide bonds. The second-order valence-electron chi connectivity index (χ2n) is 16.2. The van der Waals surface area contributed by atoms with Crippen LogP contribution in [0.4, 0.5) is 0 Å². The highest BCUT2D eigenvalue weighted by Gasteiger charge is 2.51. The molecule has 0 aliphatic rings. The summed E-state index contributed by atoms with van der Waals surface area (Å²) in [5.74, 6) is 0. The zero-order chi connectivity index (χ0) is 31.5. The van der Waals surface area contributed by atoms with Crippen molar-refractivity contribution < 1.29 is 25.6 Å². The number of rotatable bonds is 23. The Labute approximate surface area is 258 Å². The first-order valence-electron chi connectivity index (χ1n) is 15.8. The van der Waals surface area contributed by atoms with Crippen molar-refractivity contribution >= 4 is 58.7 Å². The predicted octanol–water partition coefficient (Wildman–Crippen LogP) is 9.73. The Balaban J connectivity index is 5.79. The van der Waals surface area contributed by atoms with Crippen molar-refractivity contribution in [1.82, 2.24) is 0 Å². The molecule has 0 N–H and O–H groups in total. The van der Waals surface area contributed by atoms with E-state index in [1.165, 1.54) is 0 Å². The van der Waals surface area contributed by atoms with Crippen molar-refractivity contribution in [3.8, 4) is 0 Å². The van der Waals surface area contributed by atoms with Gasteiger partial charge in [-0.1, -0.05) is 13.3 Å². The van der Waals surface area contributed by atoms with Crippen LogP contribution in [-0.2, 0) is 25.6 Å². The number of hydrogen-bond donors (Lipinski definition) is 0. The summed E-state index contributed by atoms with van der Waals surface area (Å²) in [5.41, 5.74) is 0. The van der Waals surface area contributed by atoms with Crippen molar-refractivity contribution in [2.75, 3.05) is 19.8 Å². The van der Waals surface area contributed by atoms with Crippen molar-refractivity contribution in [2.45, 2.75) is 155 Å². The molecule has 0 heterocycles. The summed E-state index contributed by atoms with van der Waals surface area (Å²) in [6.07, 6.45) is 4.15. The lowest BCUT2D eigenvalue weighted by molar-refractivity contribution is 0.240. The van der Waals surface area contributed by atoms with Gasteiger partial charge in [0.2, 0.25) is 0 Å². The topological polar surface area (TPSA) is 55.4 Å². The maximum Gasteiger partial charge on any atom is 0.469 e. The van der Waals surface area contributed by atoms with Gasteiger partial charge in [-0.3, -0.25) is 0 Å². The van der Waals surface area contributed by atoms with Gasteiger partial charge in [0, 0.05) is 25.9 Å². The molecule has 0 rings (SSSR count). The summed E-state index contributed by atoms with van der Waals surface area (Å²) in [6, 6.07) is 4.11. The van der Waals surface area contributed by atoms with Crippen molar-refractivity contribution in [1.29, 1.82) is 0 Å². The molecule has 242 valence electrons. The maximum atomic E-state index is 7.30. The van der Waals surface area contributed by atoms with Crippen LogP contribution in [0.3, 0.4) is 0 Å². The third-order valence-corrected chi connectivity index (χ3v) is 25.6. The second-order valence-corrected chi connectivity index (χ2v) is 46.1. The SMILES string of the molecule is CCC[Si](O[Si](C)(C)CCCO[Si](C)(C)C)(O[Si](C)(C)CCCO[Si](C)(C)C)O[Si](C)(C)CCCO[Si](C)(C)C. The van der Waals surface area contributed by atoms with Gasteiger partial charge in [0.1, 0.15) is 0 Å². The second kappa shape index (κ2) is 17.1. The van der Waals surface area contributed by atoms with Crippen LogP contribution in [0.1, 0.15) is 32.6 Å².